The van der Waals surface area contributed by atoms with E-state index in [4.69, 9.17) is 0 Å². The maximum atomic E-state index is 14.9. The highest BCUT2D eigenvalue weighted by Crippen LogP contribution is 2.38. The predicted molar refractivity (Wildman–Crippen MR) is 304 cm³/mol. The Morgan fingerprint density at radius 2 is 0.912 bits per heavy atom. The van der Waals surface area contributed by atoms with Crippen LogP contribution in [0.1, 0.15) is 148 Å². The minimum atomic E-state index is -0.953. The Hall–Kier alpha value is -6.10. The predicted octanol–water partition coefficient (Wildman–Crippen LogP) is 3.93. The van der Waals surface area contributed by atoms with Crippen LogP contribution >= 0.6 is 23.5 Å². The topological polar surface area (TPSA) is 265 Å². The van der Waals surface area contributed by atoms with Gasteiger partial charge in [-0.3, -0.25) is 38.4 Å². The summed E-state index contributed by atoms with van der Waals surface area (Å²) in [6.07, 6.45) is 12.8. The van der Waals surface area contributed by atoms with Gasteiger partial charge in [0.05, 0.1) is 36.6 Å². The van der Waals surface area contributed by atoms with Gasteiger partial charge in [0, 0.05) is 46.5 Å². The molecule has 2 aromatic carbocycles. The zero-order chi connectivity index (χ0) is 56.5. The molecule has 0 radical (unpaired) electrons. The van der Waals surface area contributed by atoms with Crippen LogP contribution in [0, 0.1) is 11.8 Å². The van der Waals surface area contributed by atoms with Crippen LogP contribution in [0.4, 0.5) is 0 Å². The molecule has 3 aromatic rings. The highest BCUT2D eigenvalue weighted by atomic mass is 32.2. The number of fused-ring (bicyclic) bond motifs is 2. The standard InChI is InChI=1S/C58H78N12O8S2/c1-33(59-3)51(71)67-49(35-15-7-5-8-16-35)57(77)69-31-37(27-45(69)55(75)65-41-23-25-79-47-21-13-11-19-39(41)47)63-53(73)43-29-62-44(30-61-43)54(74)64-38-28-46(56(76)66-42-24-26-80-48-22-14-12-20-40(42)48)70(32-38)58(78)50(36-17-9-6-10-18-36)68-52(72)34(2)60-4/h11-14,19-22,29-30,33-38,41-42,45-46,49-50,59-60H,5-10,15-18,23-28,31-32H2,1-4H3,(H,63,73)(H,64,74)(H,65,75)(H,66,76)(H,67,71)(H,68,72)/t33-,34-,37-,38-,41?,42?,45-,46-,49-,50-/m0/s1. The fourth-order valence-electron chi connectivity index (χ4n) is 12.3. The molecule has 20 nitrogen and oxygen atoms in total. The van der Waals surface area contributed by atoms with Crippen LogP contribution in [0.5, 0.6) is 0 Å². The maximum absolute atomic E-state index is 14.9. The number of hydrogen-bond donors (Lipinski definition) is 8. The first kappa shape index (κ1) is 58.6. The fourth-order valence-corrected chi connectivity index (χ4v) is 14.6. The van der Waals surface area contributed by atoms with Gasteiger partial charge >= 0.3 is 0 Å². The molecule has 2 aliphatic carbocycles. The van der Waals surface area contributed by atoms with Crippen molar-refractivity contribution in [3.63, 3.8) is 0 Å². The molecule has 4 aliphatic heterocycles. The lowest BCUT2D eigenvalue weighted by Crippen LogP contribution is -2.58. The summed E-state index contributed by atoms with van der Waals surface area (Å²) in [5.74, 6) is -1.94. The van der Waals surface area contributed by atoms with Gasteiger partial charge in [-0.25, -0.2) is 9.97 Å². The molecule has 80 heavy (non-hydrogen) atoms. The molecule has 0 spiro atoms. The summed E-state index contributed by atoms with van der Waals surface area (Å²) >= 11 is 3.47. The first-order valence-corrected chi connectivity index (χ1v) is 30.7. The number of likely N-dealkylation sites (N-methyl/N-ethyl adjacent to an activating group) is 2. The SMILES string of the molecule is CN[C@@H](C)C(=O)N[C@H](C(=O)N1C[C@@H](NC(=O)c2cnc(C(=O)N[C@H]3C[C@@H](C(=O)NC4CCSc5ccccc54)N(C(=O)[C@@H](NC(=O)[C@H](C)NC)C4CCCCC4)C3)cn2)C[C@H]1C(=O)NC1CCSc2ccccc21)C1CCCCC1. The van der Waals surface area contributed by atoms with Crippen LogP contribution in [0.2, 0.25) is 0 Å². The fraction of sp³-hybridized carbons (Fsp3) is 0.586. The van der Waals surface area contributed by atoms with Crippen LogP contribution in [0.15, 0.2) is 70.7 Å². The molecule has 2 unspecified atom stereocenters. The largest absolute Gasteiger partial charge is 0.347 e. The average Bonchev–Trinajstić information content (AvgIpc) is 4.12. The molecule has 4 fully saturated rings. The second-order valence-electron chi connectivity index (χ2n) is 22.4. The summed E-state index contributed by atoms with van der Waals surface area (Å²) in [5, 5.41) is 24.4. The highest BCUT2D eigenvalue weighted by molar-refractivity contribution is 7.99. The molecule has 6 aliphatic rings. The van der Waals surface area contributed by atoms with Crippen LogP contribution in [-0.2, 0) is 28.8 Å². The van der Waals surface area contributed by atoms with Gasteiger partial charge < -0.3 is 52.3 Å². The van der Waals surface area contributed by atoms with Gasteiger partial charge in [0.25, 0.3) is 11.8 Å². The smallest absolute Gasteiger partial charge is 0.271 e. The molecule has 0 bridgehead atoms. The first-order chi connectivity index (χ1) is 38.7. The summed E-state index contributed by atoms with van der Waals surface area (Å²) in [6.45, 7) is 3.46. The summed E-state index contributed by atoms with van der Waals surface area (Å²) in [6, 6.07) is 9.24. The number of benzene rings is 2. The van der Waals surface area contributed by atoms with Gasteiger partial charge in [0.15, 0.2) is 0 Å². The molecule has 2 saturated carbocycles. The maximum Gasteiger partial charge on any atom is 0.271 e. The van der Waals surface area contributed by atoms with E-state index in [2.05, 4.69) is 52.5 Å². The quantitative estimate of drug-likeness (QED) is 0.0898. The lowest BCUT2D eigenvalue weighted by atomic mass is 9.83. The molecular formula is C58H78N12O8S2. The molecular weight excluding hydrogens is 1060 g/mol. The summed E-state index contributed by atoms with van der Waals surface area (Å²) in [4.78, 5) is 127. The Morgan fingerprint density at radius 1 is 0.525 bits per heavy atom. The van der Waals surface area contributed by atoms with Crippen LogP contribution in [0.3, 0.4) is 0 Å². The third-order valence-electron chi connectivity index (χ3n) is 17.1. The molecule has 8 amide bonds. The van der Waals surface area contributed by atoms with Crippen molar-refractivity contribution in [1.82, 2.24) is 62.3 Å². The van der Waals surface area contributed by atoms with Gasteiger partial charge in [0.1, 0.15) is 35.6 Å². The normalized spacial score (nSPS) is 24.6. The number of hydrogen-bond acceptors (Lipinski definition) is 14. The Labute approximate surface area is 477 Å². The number of carbonyl (C=O) groups is 8. The number of amides is 8. The van der Waals surface area contributed by atoms with Crippen molar-refractivity contribution >= 4 is 70.8 Å². The van der Waals surface area contributed by atoms with E-state index in [0.717, 1.165) is 96.6 Å². The van der Waals surface area contributed by atoms with Crippen LogP contribution in [0.25, 0.3) is 0 Å². The lowest BCUT2D eigenvalue weighted by molar-refractivity contribution is -0.143. The Kier molecular flexibility index (Phi) is 19.8. The zero-order valence-corrected chi connectivity index (χ0v) is 47.9. The van der Waals surface area contributed by atoms with Gasteiger partial charge in [-0.05, 0) is 114 Å². The summed E-state index contributed by atoms with van der Waals surface area (Å²) in [7, 11) is 3.36. The number of rotatable bonds is 18. The second kappa shape index (κ2) is 27.1. The van der Waals surface area contributed by atoms with Crippen molar-refractivity contribution in [2.24, 2.45) is 11.8 Å². The number of nitrogens with zero attached hydrogens (tertiary/aromatic N) is 4. The third kappa shape index (κ3) is 13.8. The number of thioether (sulfide) groups is 2. The zero-order valence-electron chi connectivity index (χ0n) is 46.3. The molecule has 1 aromatic heterocycles. The van der Waals surface area contributed by atoms with Crippen LogP contribution in [-0.4, -0.2) is 154 Å². The van der Waals surface area contributed by atoms with E-state index in [9.17, 15) is 38.4 Å². The van der Waals surface area contributed by atoms with E-state index in [1.165, 1.54) is 22.2 Å². The highest BCUT2D eigenvalue weighted by Gasteiger charge is 2.47. The number of carbonyl (C=O) groups excluding carboxylic acids is 8. The first-order valence-electron chi connectivity index (χ1n) is 28.7. The van der Waals surface area contributed by atoms with E-state index in [-0.39, 0.29) is 96.7 Å². The van der Waals surface area contributed by atoms with Crippen molar-refractivity contribution in [1.29, 1.82) is 0 Å². The molecule has 9 rings (SSSR count). The van der Waals surface area contributed by atoms with E-state index < -0.39 is 60.1 Å². The van der Waals surface area contributed by atoms with E-state index in [1.807, 2.05) is 48.5 Å². The minimum Gasteiger partial charge on any atom is -0.347 e. The third-order valence-corrected chi connectivity index (χ3v) is 19.4. The second-order valence-corrected chi connectivity index (χ2v) is 24.6. The Balaban J connectivity index is 0.896. The van der Waals surface area contributed by atoms with Crippen molar-refractivity contribution in [3.05, 3.63) is 83.4 Å². The summed E-state index contributed by atoms with van der Waals surface area (Å²) in [5.41, 5.74) is 1.82. The van der Waals surface area contributed by atoms with Crippen LogP contribution < -0.4 is 42.5 Å². The van der Waals surface area contributed by atoms with Gasteiger partial charge in [-0.15, -0.1) is 23.5 Å². The number of aromatic nitrogens is 2. The lowest BCUT2D eigenvalue weighted by Gasteiger charge is -2.35. The van der Waals surface area contributed by atoms with Gasteiger partial charge in [0.2, 0.25) is 35.4 Å². The van der Waals surface area contributed by atoms with E-state index in [1.54, 1.807) is 51.5 Å². The Morgan fingerprint density at radius 3 is 1.29 bits per heavy atom. The molecule has 430 valence electrons. The number of nitrogens with one attached hydrogen (secondary N) is 8. The van der Waals surface area contributed by atoms with Gasteiger partial charge in [-0.1, -0.05) is 74.9 Å². The molecule has 10 atom stereocenters. The van der Waals surface area contributed by atoms with Crippen molar-refractivity contribution in [2.45, 2.75) is 174 Å². The van der Waals surface area contributed by atoms with E-state index in [0.29, 0.717) is 12.8 Å². The average molecular weight is 1140 g/mol. The molecule has 22 heteroatoms. The van der Waals surface area contributed by atoms with Crippen molar-refractivity contribution in [3.8, 4) is 0 Å². The molecule has 8 N–H and O–H groups in total. The number of likely N-dealkylation sites (tertiary alicyclic amines) is 2. The molecule has 2 saturated heterocycles. The Bertz CT molecular complexity index is 2560. The van der Waals surface area contributed by atoms with Crippen molar-refractivity contribution < 1.29 is 38.4 Å². The monoisotopic (exact) mass is 1130 g/mol. The molecule has 5 heterocycles. The van der Waals surface area contributed by atoms with Crippen molar-refractivity contribution in [2.75, 3.05) is 38.7 Å². The minimum absolute atomic E-state index is 0.00411. The van der Waals surface area contributed by atoms with Gasteiger partial charge in [-0.2, -0.15) is 0 Å². The summed E-state index contributed by atoms with van der Waals surface area (Å²) < 4.78 is 0. The van der Waals surface area contributed by atoms with E-state index >= 15 is 0 Å².